The summed E-state index contributed by atoms with van der Waals surface area (Å²) in [6.45, 7) is 6.40. The van der Waals surface area contributed by atoms with Crippen molar-refractivity contribution in [2.45, 2.75) is 264 Å². The van der Waals surface area contributed by atoms with Crippen LogP contribution < -0.4 is 5.32 Å². The van der Waals surface area contributed by atoms with E-state index in [0.29, 0.717) is 19.3 Å². The van der Waals surface area contributed by atoms with Crippen LogP contribution in [0.4, 0.5) is 0 Å². The number of carbonyl (C=O) groups excluding carboxylic acids is 2. The van der Waals surface area contributed by atoms with Crippen molar-refractivity contribution < 1.29 is 24.5 Å². The Morgan fingerprint density at radius 2 is 0.931 bits per heavy atom. The molecule has 0 aromatic heterocycles. The highest BCUT2D eigenvalue weighted by molar-refractivity contribution is 5.77. The maximum absolute atomic E-state index is 13.2. The zero-order valence-corrected chi connectivity index (χ0v) is 38.4. The lowest BCUT2D eigenvalue weighted by molar-refractivity contribution is -0.151. The molecule has 58 heavy (non-hydrogen) atoms. The highest BCUT2D eigenvalue weighted by Gasteiger charge is 2.24. The average molecular weight is 814 g/mol. The summed E-state index contributed by atoms with van der Waals surface area (Å²) in [5, 5.41) is 23.6. The summed E-state index contributed by atoms with van der Waals surface area (Å²) in [5.41, 5.74) is 0. The van der Waals surface area contributed by atoms with Gasteiger partial charge in [0, 0.05) is 6.42 Å². The summed E-state index contributed by atoms with van der Waals surface area (Å²) < 4.78 is 5.92. The molecule has 0 rings (SSSR count). The van der Waals surface area contributed by atoms with Crippen LogP contribution in [0.5, 0.6) is 0 Å². The molecule has 0 radical (unpaired) electrons. The summed E-state index contributed by atoms with van der Waals surface area (Å²) >= 11 is 0. The van der Waals surface area contributed by atoms with Crippen LogP contribution in [0.15, 0.2) is 48.6 Å². The lowest BCUT2D eigenvalue weighted by Gasteiger charge is -2.24. The third kappa shape index (κ3) is 40.6. The quantitative estimate of drug-likeness (QED) is 0.0246. The minimum absolute atomic E-state index is 0.0634. The van der Waals surface area contributed by atoms with Crippen molar-refractivity contribution in [3.63, 3.8) is 0 Å². The zero-order valence-electron chi connectivity index (χ0n) is 38.4. The molecule has 0 aromatic rings. The molecule has 338 valence electrons. The molecule has 3 N–H and O–H groups in total. The Hall–Kier alpha value is -2.18. The van der Waals surface area contributed by atoms with E-state index in [0.717, 1.165) is 77.0 Å². The van der Waals surface area contributed by atoms with Crippen molar-refractivity contribution in [3.8, 4) is 0 Å². The van der Waals surface area contributed by atoms with E-state index in [1.54, 1.807) is 0 Å². The van der Waals surface area contributed by atoms with Crippen molar-refractivity contribution in [2.75, 3.05) is 6.61 Å². The molecule has 1 amide bonds. The Morgan fingerprint density at radius 3 is 1.45 bits per heavy atom. The molecule has 3 atom stereocenters. The van der Waals surface area contributed by atoms with Crippen LogP contribution in [0.1, 0.15) is 245 Å². The monoisotopic (exact) mass is 814 g/mol. The first-order valence-corrected chi connectivity index (χ1v) is 24.9. The molecule has 3 unspecified atom stereocenters. The number of allylic oxidation sites excluding steroid dienone is 8. The molecule has 0 aliphatic heterocycles. The highest BCUT2D eigenvalue weighted by atomic mass is 16.5. The maximum atomic E-state index is 13.2. The number of amides is 1. The van der Waals surface area contributed by atoms with E-state index in [1.807, 2.05) is 0 Å². The number of hydrogen-bond donors (Lipinski definition) is 3. The van der Waals surface area contributed by atoms with Gasteiger partial charge in [0.15, 0.2) is 0 Å². The topological polar surface area (TPSA) is 95.9 Å². The van der Waals surface area contributed by atoms with Crippen LogP contribution >= 0.6 is 0 Å². The number of carbonyl (C=O) groups is 2. The summed E-state index contributed by atoms with van der Waals surface area (Å²) in [6.07, 6.45) is 54.5. The second-order valence-electron chi connectivity index (χ2n) is 16.9. The normalized spacial score (nSPS) is 13.7. The smallest absolute Gasteiger partial charge is 0.306 e. The van der Waals surface area contributed by atoms with Gasteiger partial charge in [-0.1, -0.05) is 198 Å². The number of aliphatic hydroxyl groups excluding tert-OH is 2. The molecular formula is C52H95NO5. The summed E-state index contributed by atoms with van der Waals surface area (Å²) in [4.78, 5) is 26.1. The largest absolute Gasteiger partial charge is 0.462 e. The van der Waals surface area contributed by atoms with Gasteiger partial charge in [0.2, 0.25) is 5.91 Å². The Bertz CT molecular complexity index is 1000. The Kier molecular flexibility index (Phi) is 44.2. The lowest BCUT2D eigenvalue weighted by atomic mass is 10.0. The number of hydrogen-bond acceptors (Lipinski definition) is 5. The van der Waals surface area contributed by atoms with E-state index >= 15 is 0 Å². The molecule has 0 saturated heterocycles. The van der Waals surface area contributed by atoms with E-state index < -0.39 is 18.2 Å². The molecule has 0 aliphatic carbocycles. The van der Waals surface area contributed by atoms with Gasteiger partial charge < -0.3 is 20.3 Å². The standard InChI is InChI=1S/C52H95NO5/c1-4-7-10-13-16-19-21-23-25-27-29-32-34-37-40-43-48(46-51(56)53-49(47-54)50(55)44-41-38-35-31-18-15-12-9-6-3)58-52(57)45-42-39-36-33-30-28-26-24-22-20-17-14-11-8-5-2/h16-17,19-20,22-25,48-50,54-55H,4-15,18,21,26-47H2,1-3H3,(H,53,56)/b19-16-,20-17+,24-22+,25-23-. The number of aliphatic hydroxyl groups is 2. The van der Waals surface area contributed by atoms with Gasteiger partial charge >= 0.3 is 5.97 Å². The summed E-state index contributed by atoms with van der Waals surface area (Å²) in [5.74, 6) is -0.499. The second kappa shape index (κ2) is 45.9. The highest BCUT2D eigenvalue weighted by Crippen LogP contribution is 2.17. The number of rotatable bonds is 44. The minimum atomic E-state index is -0.792. The van der Waals surface area contributed by atoms with Gasteiger partial charge in [-0.3, -0.25) is 9.59 Å². The third-order valence-corrected chi connectivity index (χ3v) is 11.2. The van der Waals surface area contributed by atoms with Crippen molar-refractivity contribution in [1.29, 1.82) is 0 Å². The molecule has 0 saturated carbocycles. The molecule has 0 aliphatic rings. The third-order valence-electron chi connectivity index (χ3n) is 11.2. The van der Waals surface area contributed by atoms with Gasteiger partial charge in [-0.15, -0.1) is 0 Å². The average Bonchev–Trinajstić information content (AvgIpc) is 3.22. The molecule has 6 nitrogen and oxygen atoms in total. The predicted octanol–water partition coefficient (Wildman–Crippen LogP) is 14.7. The Morgan fingerprint density at radius 1 is 0.517 bits per heavy atom. The van der Waals surface area contributed by atoms with E-state index in [1.165, 1.54) is 122 Å². The molecule has 0 fully saturated rings. The first-order chi connectivity index (χ1) is 28.5. The van der Waals surface area contributed by atoms with Gasteiger partial charge in [-0.2, -0.15) is 0 Å². The molecule has 0 spiro atoms. The van der Waals surface area contributed by atoms with Gasteiger partial charge in [0.1, 0.15) is 6.10 Å². The lowest BCUT2D eigenvalue weighted by Crippen LogP contribution is -2.46. The van der Waals surface area contributed by atoms with E-state index in [-0.39, 0.29) is 24.9 Å². The van der Waals surface area contributed by atoms with Crippen molar-refractivity contribution in [3.05, 3.63) is 48.6 Å². The van der Waals surface area contributed by atoms with Gasteiger partial charge in [-0.05, 0) is 83.5 Å². The zero-order chi connectivity index (χ0) is 42.4. The molecule has 0 bridgehead atoms. The minimum Gasteiger partial charge on any atom is -0.462 e. The molecule has 6 heteroatoms. The first kappa shape index (κ1) is 55.8. The van der Waals surface area contributed by atoms with Crippen LogP contribution in [0.25, 0.3) is 0 Å². The Balaban J connectivity index is 4.63. The van der Waals surface area contributed by atoms with Crippen LogP contribution in [0.2, 0.25) is 0 Å². The van der Waals surface area contributed by atoms with Gasteiger partial charge in [-0.25, -0.2) is 0 Å². The SMILES string of the molecule is CCCCC/C=C\C/C=C\CCCCCCCC(CC(=O)NC(CO)C(O)CCCCCCCCCCC)OC(=O)CCCCCCCC/C=C/C=C/CCCCC. The number of nitrogens with one attached hydrogen (secondary N) is 1. The number of unbranched alkanes of at least 4 members (excludes halogenated alkanes) is 25. The predicted molar refractivity (Wildman–Crippen MR) is 250 cm³/mol. The summed E-state index contributed by atoms with van der Waals surface area (Å²) in [6, 6.07) is -0.707. The van der Waals surface area contributed by atoms with E-state index in [4.69, 9.17) is 4.74 Å². The van der Waals surface area contributed by atoms with Crippen LogP contribution in [0.3, 0.4) is 0 Å². The summed E-state index contributed by atoms with van der Waals surface area (Å²) in [7, 11) is 0. The number of ether oxygens (including phenoxy) is 1. The molecular weight excluding hydrogens is 719 g/mol. The van der Waals surface area contributed by atoms with Crippen molar-refractivity contribution >= 4 is 11.9 Å². The van der Waals surface area contributed by atoms with Crippen molar-refractivity contribution in [2.24, 2.45) is 0 Å². The fraction of sp³-hybridized carbons (Fsp3) is 0.808. The first-order valence-electron chi connectivity index (χ1n) is 24.9. The maximum Gasteiger partial charge on any atom is 0.306 e. The molecule has 0 aromatic carbocycles. The van der Waals surface area contributed by atoms with E-state index in [9.17, 15) is 19.8 Å². The van der Waals surface area contributed by atoms with Crippen molar-refractivity contribution in [1.82, 2.24) is 5.32 Å². The van der Waals surface area contributed by atoms with E-state index in [2.05, 4.69) is 74.7 Å². The van der Waals surface area contributed by atoms with Gasteiger partial charge in [0.05, 0.1) is 25.2 Å². The fourth-order valence-electron chi connectivity index (χ4n) is 7.33. The van der Waals surface area contributed by atoms with Crippen LogP contribution in [-0.2, 0) is 14.3 Å². The van der Waals surface area contributed by atoms with Gasteiger partial charge in [0.25, 0.3) is 0 Å². The number of esters is 1. The molecule has 0 heterocycles. The fourth-order valence-corrected chi connectivity index (χ4v) is 7.33. The van der Waals surface area contributed by atoms with Crippen LogP contribution in [-0.4, -0.2) is 46.9 Å². The Labute approximate surface area is 359 Å². The second-order valence-corrected chi connectivity index (χ2v) is 16.9. The van der Waals surface area contributed by atoms with Crippen LogP contribution in [0, 0.1) is 0 Å².